The van der Waals surface area contributed by atoms with Crippen molar-refractivity contribution in [3.8, 4) is 0 Å². The van der Waals surface area contributed by atoms with E-state index in [-0.39, 0.29) is 5.82 Å². The van der Waals surface area contributed by atoms with Crippen LogP contribution in [0.15, 0.2) is 41.4 Å². The number of hydrogen-bond acceptors (Lipinski definition) is 3. The van der Waals surface area contributed by atoms with Crippen LogP contribution in [0.1, 0.15) is 17.2 Å². The molecule has 1 atom stereocenters. The Kier molecular flexibility index (Phi) is 3.26. The van der Waals surface area contributed by atoms with Crippen molar-refractivity contribution in [2.24, 2.45) is 5.73 Å². The van der Waals surface area contributed by atoms with E-state index in [1.807, 2.05) is 0 Å². The molecule has 82 valence electrons. The molecule has 0 aliphatic heterocycles. The van der Waals surface area contributed by atoms with E-state index in [1.54, 1.807) is 18.5 Å². The summed E-state index contributed by atoms with van der Waals surface area (Å²) in [4.78, 5) is 7.76. The van der Waals surface area contributed by atoms with Gasteiger partial charge in [0.25, 0.3) is 0 Å². The molecule has 16 heavy (non-hydrogen) atoms. The van der Waals surface area contributed by atoms with Crippen molar-refractivity contribution in [3.63, 3.8) is 0 Å². The van der Waals surface area contributed by atoms with Crippen LogP contribution in [-0.4, -0.2) is 9.97 Å². The lowest BCUT2D eigenvalue weighted by Gasteiger charge is -2.11. The lowest BCUT2D eigenvalue weighted by Crippen LogP contribution is -2.12. The van der Waals surface area contributed by atoms with Gasteiger partial charge in [-0.15, -0.1) is 0 Å². The van der Waals surface area contributed by atoms with Crippen molar-refractivity contribution in [2.75, 3.05) is 0 Å². The number of benzene rings is 1. The van der Waals surface area contributed by atoms with E-state index >= 15 is 0 Å². The maximum Gasteiger partial charge on any atom is 0.124 e. The lowest BCUT2D eigenvalue weighted by atomic mass is 10.0. The molecule has 5 heteroatoms. The second-order valence-corrected chi connectivity index (χ2v) is 4.27. The number of halogens is 2. The van der Waals surface area contributed by atoms with Crippen LogP contribution in [0.3, 0.4) is 0 Å². The first-order valence-electron chi connectivity index (χ1n) is 4.63. The molecule has 0 fully saturated rings. The zero-order chi connectivity index (χ0) is 11.5. The molecule has 2 N–H and O–H groups in total. The molecule has 1 unspecified atom stereocenters. The topological polar surface area (TPSA) is 51.8 Å². The SMILES string of the molecule is NC(c1cncnc1)c1cc(F)cc(Br)c1. The fourth-order valence-corrected chi connectivity index (χ4v) is 1.90. The predicted octanol–water partition coefficient (Wildman–Crippen LogP) is 2.43. The van der Waals surface area contributed by atoms with E-state index in [1.165, 1.54) is 18.5 Å². The highest BCUT2D eigenvalue weighted by Gasteiger charge is 2.11. The van der Waals surface area contributed by atoms with Crippen LogP contribution in [0.4, 0.5) is 4.39 Å². The van der Waals surface area contributed by atoms with Crippen LogP contribution in [0.5, 0.6) is 0 Å². The molecule has 0 bridgehead atoms. The summed E-state index contributed by atoms with van der Waals surface area (Å²) in [6, 6.07) is 4.15. The van der Waals surface area contributed by atoms with Crippen LogP contribution >= 0.6 is 15.9 Å². The minimum absolute atomic E-state index is 0.323. The van der Waals surface area contributed by atoms with Crippen molar-refractivity contribution in [1.29, 1.82) is 0 Å². The first-order valence-corrected chi connectivity index (χ1v) is 5.42. The van der Waals surface area contributed by atoms with E-state index in [0.717, 1.165) is 5.56 Å². The molecule has 3 nitrogen and oxygen atoms in total. The van der Waals surface area contributed by atoms with Crippen molar-refractivity contribution >= 4 is 15.9 Å². The minimum Gasteiger partial charge on any atom is -0.320 e. The Morgan fingerprint density at radius 1 is 1.12 bits per heavy atom. The molecule has 0 saturated heterocycles. The maximum atomic E-state index is 13.2. The minimum atomic E-state index is -0.423. The molecule has 0 aliphatic carbocycles. The summed E-state index contributed by atoms with van der Waals surface area (Å²) in [6.45, 7) is 0. The Morgan fingerprint density at radius 3 is 2.44 bits per heavy atom. The third kappa shape index (κ3) is 2.43. The normalized spacial score (nSPS) is 12.4. The highest BCUT2D eigenvalue weighted by molar-refractivity contribution is 9.10. The van der Waals surface area contributed by atoms with Gasteiger partial charge < -0.3 is 5.73 Å². The molecular formula is C11H9BrFN3. The summed E-state index contributed by atoms with van der Waals surface area (Å²) < 4.78 is 13.8. The zero-order valence-corrected chi connectivity index (χ0v) is 9.86. The summed E-state index contributed by atoms with van der Waals surface area (Å²) in [7, 11) is 0. The quantitative estimate of drug-likeness (QED) is 0.920. The summed E-state index contributed by atoms with van der Waals surface area (Å²) in [5, 5.41) is 0. The van der Waals surface area contributed by atoms with Crippen molar-refractivity contribution in [1.82, 2.24) is 9.97 Å². The molecule has 1 heterocycles. The molecule has 0 aliphatic rings. The molecule has 0 spiro atoms. The molecule has 2 aromatic rings. The van der Waals surface area contributed by atoms with Gasteiger partial charge in [0.05, 0.1) is 6.04 Å². The predicted molar refractivity (Wildman–Crippen MR) is 62.2 cm³/mol. The van der Waals surface area contributed by atoms with Gasteiger partial charge in [0.15, 0.2) is 0 Å². The largest absolute Gasteiger partial charge is 0.320 e. The van der Waals surface area contributed by atoms with Crippen LogP contribution < -0.4 is 5.73 Å². The van der Waals surface area contributed by atoms with E-state index < -0.39 is 6.04 Å². The monoisotopic (exact) mass is 281 g/mol. The average Bonchev–Trinajstić information content (AvgIpc) is 2.28. The fourth-order valence-electron chi connectivity index (χ4n) is 1.42. The van der Waals surface area contributed by atoms with Gasteiger partial charge in [0, 0.05) is 22.4 Å². The van der Waals surface area contributed by atoms with Gasteiger partial charge in [-0.2, -0.15) is 0 Å². The molecule has 0 radical (unpaired) electrons. The van der Waals surface area contributed by atoms with Gasteiger partial charge in [-0.05, 0) is 23.8 Å². The van der Waals surface area contributed by atoms with Gasteiger partial charge >= 0.3 is 0 Å². The summed E-state index contributed by atoms with van der Waals surface area (Å²) >= 11 is 3.23. The number of rotatable bonds is 2. The highest BCUT2D eigenvalue weighted by atomic mass is 79.9. The molecular weight excluding hydrogens is 273 g/mol. The number of hydrogen-bond donors (Lipinski definition) is 1. The molecule has 1 aromatic heterocycles. The Morgan fingerprint density at radius 2 is 1.81 bits per heavy atom. The van der Waals surface area contributed by atoms with E-state index in [4.69, 9.17) is 5.73 Å². The summed E-state index contributed by atoms with van der Waals surface area (Å²) in [5.74, 6) is -0.323. The third-order valence-corrected chi connectivity index (χ3v) is 2.64. The molecule has 0 saturated carbocycles. The van der Waals surface area contributed by atoms with Crippen LogP contribution in [0.2, 0.25) is 0 Å². The Bertz CT molecular complexity index is 470. The van der Waals surface area contributed by atoms with Crippen LogP contribution in [0, 0.1) is 5.82 Å². The summed E-state index contributed by atoms with van der Waals surface area (Å²) in [5.41, 5.74) is 7.42. The molecule has 2 rings (SSSR count). The Labute approximate surface area is 101 Å². The number of nitrogens with two attached hydrogens (primary N) is 1. The maximum absolute atomic E-state index is 13.2. The summed E-state index contributed by atoms with van der Waals surface area (Å²) in [6.07, 6.45) is 4.67. The smallest absolute Gasteiger partial charge is 0.124 e. The van der Waals surface area contributed by atoms with Crippen LogP contribution in [0.25, 0.3) is 0 Å². The lowest BCUT2D eigenvalue weighted by molar-refractivity contribution is 0.622. The number of nitrogens with zero attached hydrogens (tertiary/aromatic N) is 2. The van der Waals surface area contributed by atoms with Gasteiger partial charge in [-0.1, -0.05) is 15.9 Å². The van der Waals surface area contributed by atoms with E-state index in [9.17, 15) is 4.39 Å². The average molecular weight is 282 g/mol. The third-order valence-electron chi connectivity index (χ3n) is 2.18. The van der Waals surface area contributed by atoms with Gasteiger partial charge in [-0.3, -0.25) is 0 Å². The Balaban J connectivity index is 2.37. The van der Waals surface area contributed by atoms with Gasteiger partial charge in [-0.25, -0.2) is 14.4 Å². The van der Waals surface area contributed by atoms with E-state index in [0.29, 0.717) is 10.0 Å². The standard InChI is InChI=1S/C11H9BrFN3/c12-9-1-7(2-10(13)3-9)11(14)8-4-15-6-16-5-8/h1-6,11H,14H2. The second-order valence-electron chi connectivity index (χ2n) is 3.35. The number of aromatic nitrogens is 2. The van der Waals surface area contributed by atoms with Crippen molar-refractivity contribution in [2.45, 2.75) is 6.04 Å². The Hall–Kier alpha value is -1.33. The first-order chi connectivity index (χ1) is 7.66. The molecule has 1 aromatic carbocycles. The fraction of sp³-hybridized carbons (Fsp3) is 0.0909. The van der Waals surface area contributed by atoms with Crippen molar-refractivity contribution < 1.29 is 4.39 Å². The van der Waals surface area contributed by atoms with Crippen LogP contribution in [-0.2, 0) is 0 Å². The second kappa shape index (κ2) is 4.67. The molecule has 0 amide bonds. The highest BCUT2D eigenvalue weighted by Crippen LogP contribution is 2.22. The van der Waals surface area contributed by atoms with Gasteiger partial charge in [0.2, 0.25) is 0 Å². The van der Waals surface area contributed by atoms with E-state index in [2.05, 4.69) is 25.9 Å². The first kappa shape index (κ1) is 11.2. The van der Waals surface area contributed by atoms with Gasteiger partial charge in [0.1, 0.15) is 12.1 Å². The zero-order valence-electron chi connectivity index (χ0n) is 8.27. The van der Waals surface area contributed by atoms with Crippen molar-refractivity contribution in [3.05, 3.63) is 58.3 Å².